The molecule has 0 radical (unpaired) electrons. The summed E-state index contributed by atoms with van der Waals surface area (Å²) in [6, 6.07) is 21.4. The molecule has 5 rings (SSSR count). The Kier molecular flexibility index (Phi) is 4.99. The molecule has 0 aliphatic carbocycles. The third-order valence-corrected chi connectivity index (χ3v) is 6.31. The van der Waals surface area contributed by atoms with Gasteiger partial charge in [-0.1, -0.05) is 42.5 Å². The van der Waals surface area contributed by atoms with Gasteiger partial charge in [-0.15, -0.1) is 0 Å². The molecule has 2 saturated heterocycles. The molecule has 0 spiro atoms. The van der Waals surface area contributed by atoms with Gasteiger partial charge in [0, 0.05) is 16.6 Å². The second-order valence-corrected chi connectivity index (χ2v) is 8.33. The zero-order valence-corrected chi connectivity index (χ0v) is 18.1. The summed E-state index contributed by atoms with van der Waals surface area (Å²) in [7, 11) is 0. The van der Waals surface area contributed by atoms with E-state index in [0.29, 0.717) is 21.4 Å². The summed E-state index contributed by atoms with van der Waals surface area (Å²) in [5.74, 6) is -1.75. The molecule has 32 heavy (non-hydrogen) atoms. The van der Waals surface area contributed by atoms with Crippen molar-refractivity contribution in [3.8, 4) is 0 Å². The smallest absolute Gasteiger partial charge is 0.269 e. The number of anilines is 2. The van der Waals surface area contributed by atoms with E-state index in [4.69, 9.17) is 4.84 Å². The lowest BCUT2D eigenvalue weighted by molar-refractivity contribution is -0.384. The van der Waals surface area contributed by atoms with E-state index in [9.17, 15) is 19.7 Å². The van der Waals surface area contributed by atoms with Crippen LogP contribution in [0, 0.1) is 16.0 Å². The number of nitro benzene ring substituents is 1. The fourth-order valence-electron chi connectivity index (χ4n) is 4.25. The van der Waals surface area contributed by atoms with Crippen molar-refractivity contribution in [3.05, 3.63) is 99.0 Å². The number of nitrogens with zero attached hydrogens (tertiary/aromatic N) is 3. The fraction of sp³-hybridized carbons (Fsp3) is 0.130. The largest absolute Gasteiger partial charge is 0.273 e. The zero-order valence-electron chi connectivity index (χ0n) is 16.5. The van der Waals surface area contributed by atoms with Gasteiger partial charge in [-0.2, -0.15) is 0 Å². The minimum absolute atomic E-state index is 0.0987. The number of carbonyl (C=O) groups excluding carboxylic acids is 2. The molecule has 0 N–H and O–H groups in total. The van der Waals surface area contributed by atoms with Gasteiger partial charge in [0.15, 0.2) is 6.10 Å². The quantitative estimate of drug-likeness (QED) is 0.303. The van der Waals surface area contributed by atoms with Crippen LogP contribution in [-0.4, -0.2) is 22.8 Å². The number of hydrogen-bond donors (Lipinski definition) is 0. The minimum atomic E-state index is -1.04. The summed E-state index contributed by atoms with van der Waals surface area (Å²) < 4.78 is 0.605. The van der Waals surface area contributed by atoms with Gasteiger partial charge < -0.3 is 0 Å². The van der Waals surface area contributed by atoms with Crippen LogP contribution in [0.25, 0.3) is 0 Å². The van der Waals surface area contributed by atoms with Crippen LogP contribution >= 0.6 is 15.9 Å². The number of non-ortho nitro benzene ring substituents is 1. The van der Waals surface area contributed by atoms with Crippen molar-refractivity contribution in [2.75, 3.05) is 9.96 Å². The normalized spacial score (nSPS) is 22.3. The molecule has 9 heteroatoms. The first-order chi connectivity index (χ1) is 15.5. The van der Waals surface area contributed by atoms with Gasteiger partial charge >= 0.3 is 0 Å². The molecule has 2 amide bonds. The molecule has 0 unspecified atom stereocenters. The summed E-state index contributed by atoms with van der Waals surface area (Å²) in [6.45, 7) is 0. The van der Waals surface area contributed by atoms with Crippen molar-refractivity contribution in [1.82, 2.24) is 0 Å². The summed E-state index contributed by atoms with van der Waals surface area (Å²) in [6.07, 6.45) is -1.04. The van der Waals surface area contributed by atoms with Crippen LogP contribution in [0.2, 0.25) is 0 Å². The van der Waals surface area contributed by atoms with Gasteiger partial charge in [-0.25, -0.2) is 9.96 Å². The zero-order chi connectivity index (χ0) is 22.4. The number of halogens is 1. The van der Waals surface area contributed by atoms with Crippen molar-refractivity contribution in [2.45, 2.75) is 12.1 Å². The van der Waals surface area contributed by atoms with E-state index in [1.807, 2.05) is 18.2 Å². The minimum Gasteiger partial charge on any atom is -0.273 e. The number of imide groups is 1. The third kappa shape index (κ3) is 3.17. The first kappa shape index (κ1) is 20.3. The van der Waals surface area contributed by atoms with Crippen LogP contribution in [-0.2, 0) is 14.4 Å². The number of amides is 2. The van der Waals surface area contributed by atoms with E-state index >= 15 is 0 Å². The van der Waals surface area contributed by atoms with Gasteiger partial charge in [-0.05, 0) is 45.8 Å². The number of nitro groups is 1. The molecule has 3 atom stereocenters. The first-order valence-corrected chi connectivity index (χ1v) is 10.6. The Morgan fingerprint density at radius 1 is 0.906 bits per heavy atom. The Balaban J connectivity index is 1.62. The monoisotopic (exact) mass is 493 g/mol. The Bertz CT molecular complexity index is 1240. The van der Waals surface area contributed by atoms with Crippen LogP contribution in [0.4, 0.5) is 17.1 Å². The van der Waals surface area contributed by atoms with Gasteiger partial charge in [0.25, 0.3) is 11.6 Å². The number of benzene rings is 3. The number of carbonyl (C=O) groups is 2. The van der Waals surface area contributed by atoms with Gasteiger partial charge in [0.2, 0.25) is 5.91 Å². The van der Waals surface area contributed by atoms with Crippen molar-refractivity contribution in [3.63, 3.8) is 0 Å². The second-order valence-electron chi connectivity index (χ2n) is 7.47. The molecule has 3 aromatic rings. The maximum atomic E-state index is 13.6. The van der Waals surface area contributed by atoms with E-state index in [1.54, 1.807) is 48.5 Å². The highest BCUT2D eigenvalue weighted by molar-refractivity contribution is 9.10. The van der Waals surface area contributed by atoms with E-state index < -0.39 is 34.8 Å². The molecule has 8 nitrogen and oxygen atoms in total. The molecule has 2 aliphatic heterocycles. The van der Waals surface area contributed by atoms with E-state index in [1.165, 1.54) is 17.2 Å². The Hall–Kier alpha value is -3.56. The lowest BCUT2D eigenvalue weighted by Gasteiger charge is -2.28. The van der Waals surface area contributed by atoms with E-state index in [2.05, 4.69) is 15.9 Å². The summed E-state index contributed by atoms with van der Waals surface area (Å²) in [5.41, 5.74) is 1.50. The second kappa shape index (κ2) is 7.85. The van der Waals surface area contributed by atoms with Crippen LogP contribution in [0.15, 0.2) is 83.3 Å². The molecular weight excluding hydrogens is 478 g/mol. The SMILES string of the molecule is O=C1[C@@H]2[C@@H](c3cccc([N+](=O)[O-])c3)N(c3ccccc3)O[C@H]2C(=O)N1c1ccccc1Br. The molecule has 0 saturated carbocycles. The highest BCUT2D eigenvalue weighted by Crippen LogP contribution is 2.48. The number of para-hydroxylation sites is 2. The average Bonchev–Trinajstić information content (AvgIpc) is 3.31. The standard InChI is InChI=1S/C23H16BrN3O5/c24-17-11-4-5-12-18(17)25-22(28)19-20(14-7-6-10-16(13-14)27(30)31)26(32-21(19)23(25)29)15-8-2-1-3-9-15/h1-13,19-21H/t19-,20-,21-/m1/s1. The van der Waals surface area contributed by atoms with Crippen LogP contribution in [0.5, 0.6) is 0 Å². The van der Waals surface area contributed by atoms with Gasteiger partial charge in [0.1, 0.15) is 5.92 Å². The summed E-state index contributed by atoms with van der Waals surface area (Å²) >= 11 is 3.40. The third-order valence-electron chi connectivity index (χ3n) is 5.64. The van der Waals surface area contributed by atoms with E-state index in [-0.39, 0.29) is 5.69 Å². The topological polar surface area (TPSA) is 93.0 Å². The molecule has 0 aromatic heterocycles. The van der Waals surface area contributed by atoms with Crippen molar-refractivity contribution in [1.29, 1.82) is 0 Å². The van der Waals surface area contributed by atoms with Crippen LogP contribution in [0.3, 0.4) is 0 Å². The number of rotatable bonds is 4. The predicted octanol–water partition coefficient (Wildman–Crippen LogP) is 4.41. The fourth-order valence-corrected chi connectivity index (χ4v) is 4.71. The highest BCUT2D eigenvalue weighted by Gasteiger charge is 2.60. The van der Waals surface area contributed by atoms with Crippen molar-refractivity contribution in [2.24, 2.45) is 5.92 Å². The number of hydroxylamine groups is 1. The van der Waals surface area contributed by atoms with Crippen molar-refractivity contribution >= 4 is 44.8 Å². The molecule has 3 aromatic carbocycles. The first-order valence-electron chi connectivity index (χ1n) is 9.85. The molecule has 2 aliphatic rings. The maximum Gasteiger partial charge on any atom is 0.269 e. The maximum absolute atomic E-state index is 13.6. The Morgan fingerprint density at radius 3 is 2.34 bits per heavy atom. The lowest BCUT2D eigenvalue weighted by atomic mass is 9.90. The van der Waals surface area contributed by atoms with Crippen LogP contribution in [0.1, 0.15) is 11.6 Å². The van der Waals surface area contributed by atoms with E-state index in [0.717, 1.165) is 4.90 Å². The van der Waals surface area contributed by atoms with Crippen LogP contribution < -0.4 is 9.96 Å². The summed E-state index contributed by atoms with van der Waals surface area (Å²) in [5, 5.41) is 12.9. The Labute approximate surface area is 191 Å². The molecule has 0 bridgehead atoms. The summed E-state index contributed by atoms with van der Waals surface area (Å²) in [4.78, 5) is 44.9. The number of hydrogen-bond acceptors (Lipinski definition) is 6. The lowest BCUT2D eigenvalue weighted by Crippen LogP contribution is -2.37. The molecular formula is C23H16BrN3O5. The van der Waals surface area contributed by atoms with Crippen molar-refractivity contribution < 1.29 is 19.3 Å². The molecule has 2 heterocycles. The highest BCUT2D eigenvalue weighted by atomic mass is 79.9. The number of fused-ring (bicyclic) bond motifs is 1. The average molecular weight is 494 g/mol. The Morgan fingerprint density at radius 2 is 1.62 bits per heavy atom. The predicted molar refractivity (Wildman–Crippen MR) is 120 cm³/mol. The van der Waals surface area contributed by atoms with Gasteiger partial charge in [0.05, 0.1) is 22.3 Å². The molecule has 160 valence electrons. The molecule has 2 fully saturated rings. The van der Waals surface area contributed by atoms with Gasteiger partial charge in [-0.3, -0.25) is 24.5 Å².